The molecule has 3 aromatic carbocycles. The van der Waals surface area contributed by atoms with Crippen LogP contribution in [0, 0.1) is 0 Å². The molecule has 3 rings (SSSR count). The number of hydrogen-bond acceptors (Lipinski definition) is 2. The summed E-state index contributed by atoms with van der Waals surface area (Å²) in [5.41, 5.74) is 3.36. The van der Waals surface area contributed by atoms with Gasteiger partial charge in [0.25, 0.3) is 0 Å². The maximum absolute atomic E-state index is 13.7. The predicted molar refractivity (Wildman–Crippen MR) is 139 cm³/mol. The molecule has 0 fully saturated rings. The van der Waals surface area contributed by atoms with E-state index in [1.165, 1.54) is 0 Å². The third-order valence-corrected chi connectivity index (χ3v) is 6.26. The lowest BCUT2D eigenvalue weighted by atomic mass is 9.88. The zero-order chi connectivity index (χ0) is 24.2. The second kappa shape index (κ2) is 13.3. The van der Waals surface area contributed by atoms with Gasteiger partial charge in [0.15, 0.2) is 0 Å². The average molecular weight is 457 g/mol. The summed E-state index contributed by atoms with van der Waals surface area (Å²) < 4.78 is 0. The van der Waals surface area contributed by atoms with Crippen molar-refractivity contribution in [2.45, 2.75) is 51.5 Å². The van der Waals surface area contributed by atoms with Crippen molar-refractivity contribution in [2.24, 2.45) is 0 Å². The van der Waals surface area contributed by atoms with E-state index in [4.69, 9.17) is 0 Å². The molecule has 0 aliphatic heterocycles. The van der Waals surface area contributed by atoms with Crippen molar-refractivity contribution < 1.29 is 9.59 Å². The molecule has 178 valence electrons. The van der Waals surface area contributed by atoms with E-state index in [0.717, 1.165) is 29.5 Å². The molecule has 34 heavy (non-hydrogen) atoms. The van der Waals surface area contributed by atoms with Crippen molar-refractivity contribution in [3.05, 3.63) is 108 Å². The first-order chi connectivity index (χ1) is 16.6. The first-order valence-corrected chi connectivity index (χ1v) is 12.3. The Balaban J connectivity index is 1.82. The van der Waals surface area contributed by atoms with Gasteiger partial charge in [-0.3, -0.25) is 9.59 Å². The molecule has 0 radical (unpaired) electrons. The predicted octanol–water partition coefficient (Wildman–Crippen LogP) is 5.58. The normalized spacial score (nSPS) is 11.7. The van der Waals surface area contributed by atoms with Crippen molar-refractivity contribution in [1.82, 2.24) is 10.2 Å². The Kier molecular flexibility index (Phi) is 9.90. The summed E-state index contributed by atoms with van der Waals surface area (Å²) in [5.74, 6) is -0.165. The number of benzene rings is 3. The van der Waals surface area contributed by atoms with Crippen LogP contribution in [0.15, 0.2) is 91.0 Å². The van der Waals surface area contributed by atoms with Crippen LogP contribution >= 0.6 is 0 Å². The maximum Gasteiger partial charge on any atom is 0.242 e. The van der Waals surface area contributed by atoms with Crippen molar-refractivity contribution in [3.63, 3.8) is 0 Å². The number of amides is 2. The molecule has 0 aliphatic rings. The summed E-state index contributed by atoms with van der Waals surface area (Å²) in [4.78, 5) is 28.4. The van der Waals surface area contributed by atoms with Gasteiger partial charge in [-0.25, -0.2) is 0 Å². The quantitative estimate of drug-likeness (QED) is 0.362. The number of carbonyl (C=O) groups is 2. The summed E-state index contributed by atoms with van der Waals surface area (Å²) in [7, 11) is 0. The second-order valence-corrected chi connectivity index (χ2v) is 8.72. The third-order valence-electron chi connectivity index (χ3n) is 6.26. The van der Waals surface area contributed by atoms with Crippen molar-refractivity contribution in [2.75, 3.05) is 13.1 Å². The highest BCUT2D eigenvalue weighted by atomic mass is 16.2. The maximum atomic E-state index is 13.7. The number of nitrogens with one attached hydrogen (secondary N) is 1. The third kappa shape index (κ3) is 7.31. The van der Waals surface area contributed by atoms with E-state index in [9.17, 15) is 9.59 Å². The number of carbonyl (C=O) groups excluding carboxylic acids is 2. The number of hydrogen-bond donors (Lipinski definition) is 1. The molecule has 4 heteroatoms. The Labute approximate surface area is 204 Å². The summed E-state index contributed by atoms with van der Waals surface area (Å²) in [6.07, 6.45) is 2.97. The highest BCUT2D eigenvalue weighted by Crippen LogP contribution is 2.29. The van der Waals surface area contributed by atoms with Gasteiger partial charge in [-0.05, 0) is 36.5 Å². The molecule has 0 saturated heterocycles. The molecular weight excluding hydrogens is 420 g/mol. The van der Waals surface area contributed by atoms with Gasteiger partial charge >= 0.3 is 0 Å². The van der Waals surface area contributed by atoms with Gasteiger partial charge in [0.05, 0.1) is 0 Å². The molecule has 0 saturated carbocycles. The van der Waals surface area contributed by atoms with Gasteiger partial charge in [0.1, 0.15) is 6.04 Å². The molecule has 0 bridgehead atoms. The van der Waals surface area contributed by atoms with E-state index in [0.29, 0.717) is 25.9 Å². The van der Waals surface area contributed by atoms with Gasteiger partial charge in [-0.1, -0.05) is 104 Å². The van der Waals surface area contributed by atoms with E-state index >= 15 is 0 Å². The van der Waals surface area contributed by atoms with Crippen LogP contribution in [0.1, 0.15) is 55.7 Å². The van der Waals surface area contributed by atoms with Gasteiger partial charge in [-0.15, -0.1) is 0 Å². The SMILES string of the molecule is CCCCNC(=O)[C@H](C)N(CCc1ccccc1)C(=O)CC(c1ccccc1)c1ccccc1. The van der Waals surface area contributed by atoms with Crippen molar-refractivity contribution in [1.29, 1.82) is 0 Å². The van der Waals surface area contributed by atoms with Crippen LogP contribution < -0.4 is 5.32 Å². The Morgan fingerprint density at radius 1 is 0.824 bits per heavy atom. The molecule has 1 atom stereocenters. The standard InChI is InChI=1S/C30H36N2O2/c1-3-4-21-31-30(34)24(2)32(22-20-25-14-8-5-9-15-25)29(33)23-28(26-16-10-6-11-17-26)27-18-12-7-13-19-27/h5-19,24,28H,3-4,20-23H2,1-2H3,(H,31,34)/t24-/m0/s1. The minimum atomic E-state index is -0.528. The lowest BCUT2D eigenvalue weighted by molar-refractivity contribution is -0.140. The van der Waals surface area contributed by atoms with Crippen molar-refractivity contribution in [3.8, 4) is 0 Å². The molecule has 0 unspecified atom stereocenters. The monoisotopic (exact) mass is 456 g/mol. The number of unbranched alkanes of at least 4 members (excludes halogenated alkanes) is 1. The zero-order valence-electron chi connectivity index (χ0n) is 20.3. The van der Waals surface area contributed by atoms with E-state index in [2.05, 4.69) is 48.6 Å². The van der Waals surface area contributed by atoms with Crippen LogP contribution in [0.5, 0.6) is 0 Å². The van der Waals surface area contributed by atoms with E-state index in [1.807, 2.05) is 61.5 Å². The Hall–Kier alpha value is -3.40. The molecule has 0 heterocycles. The van der Waals surface area contributed by atoms with Crippen LogP contribution in [0.4, 0.5) is 0 Å². The summed E-state index contributed by atoms with van der Waals surface area (Å²) in [6.45, 7) is 5.07. The van der Waals surface area contributed by atoms with E-state index < -0.39 is 6.04 Å². The van der Waals surface area contributed by atoms with Crippen LogP contribution in [0.2, 0.25) is 0 Å². The molecule has 0 spiro atoms. The topological polar surface area (TPSA) is 49.4 Å². The Morgan fingerprint density at radius 3 is 1.88 bits per heavy atom. The largest absolute Gasteiger partial charge is 0.354 e. The number of nitrogens with zero attached hydrogens (tertiary/aromatic N) is 1. The minimum Gasteiger partial charge on any atom is -0.354 e. The van der Waals surface area contributed by atoms with Crippen LogP contribution in [-0.4, -0.2) is 35.8 Å². The van der Waals surface area contributed by atoms with Crippen LogP contribution in [-0.2, 0) is 16.0 Å². The van der Waals surface area contributed by atoms with Gasteiger partial charge in [0.2, 0.25) is 11.8 Å². The number of rotatable bonds is 12. The summed E-state index contributed by atoms with van der Waals surface area (Å²) in [5, 5.41) is 3.00. The smallest absolute Gasteiger partial charge is 0.242 e. The second-order valence-electron chi connectivity index (χ2n) is 8.72. The molecule has 0 aromatic heterocycles. The highest BCUT2D eigenvalue weighted by Gasteiger charge is 2.28. The van der Waals surface area contributed by atoms with Crippen LogP contribution in [0.3, 0.4) is 0 Å². The molecule has 1 N–H and O–H groups in total. The lowest BCUT2D eigenvalue weighted by Gasteiger charge is -2.30. The Morgan fingerprint density at radius 2 is 1.35 bits per heavy atom. The van der Waals surface area contributed by atoms with E-state index in [-0.39, 0.29) is 17.7 Å². The summed E-state index contributed by atoms with van der Waals surface area (Å²) >= 11 is 0. The first kappa shape index (κ1) is 25.2. The average Bonchev–Trinajstić information content (AvgIpc) is 2.89. The van der Waals surface area contributed by atoms with Gasteiger partial charge in [-0.2, -0.15) is 0 Å². The molecule has 0 aliphatic carbocycles. The molecular formula is C30H36N2O2. The Bertz CT molecular complexity index is 966. The fraction of sp³-hybridized carbons (Fsp3) is 0.333. The van der Waals surface area contributed by atoms with E-state index in [1.54, 1.807) is 4.90 Å². The molecule has 4 nitrogen and oxygen atoms in total. The van der Waals surface area contributed by atoms with Gasteiger partial charge < -0.3 is 10.2 Å². The van der Waals surface area contributed by atoms with Crippen LogP contribution in [0.25, 0.3) is 0 Å². The van der Waals surface area contributed by atoms with Crippen molar-refractivity contribution >= 4 is 11.8 Å². The highest BCUT2D eigenvalue weighted by molar-refractivity contribution is 5.87. The summed E-state index contributed by atoms with van der Waals surface area (Å²) in [6, 6.07) is 29.9. The zero-order valence-corrected chi connectivity index (χ0v) is 20.3. The lowest BCUT2D eigenvalue weighted by Crippen LogP contribution is -2.49. The fourth-order valence-electron chi connectivity index (χ4n) is 4.20. The van der Waals surface area contributed by atoms with Gasteiger partial charge in [0, 0.05) is 25.4 Å². The minimum absolute atomic E-state index is 0.00761. The first-order valence-electron chi connectivity index (χ1n) is 12.3. The molecule has 3 aromatic rings. The fourth-order valence-corrected chi connectivity index (χ4v) is 4.20. The molecule has 2 amide bonds.